The lowest BCUT2D eigenvalue weighted by molar-refractivity contribution is 0.111. The second-order valence-corrected chi connectivity index (χ2v) is 5.27. The fourth-order valence-corrected chi connectivity index (χ4v) is 1.85. The Bertz CT molecular complexity index is 511. The van der Waals surface area contributed by atoms with Crippen LogP contribution in [0.4, 0.5) is 0 Å². The highest BCUT2D eigenvalue weighted by Gasteiger charge is 2.09. The Morgan fingerprint density at radius 1 is 1.24 bits per heavy atom. The van der Waals surface area contributed by atoms with Gasteiger partial charge < -0.3 is 14.6 Å². The summed E-state index contributed by atoms with van der Waals surface area (Å²) < 4.78 is 10.7. The molecule has 0 aliphatic carbocycles. The average Bonchev–Trinajstić information content (AvgIpc) is 2.96. The zero-order valence-corrected chi connectivity index (χ0v) is 12.7. The number of hydrogen-bond acceptors (Lipinski definition) is 5. The van der Waals surface area contributed by atoms with Crippen LogP contribution in [0.2, 0.25) is 0 Å². The third kappa shape index (κ3) is 5.65. The van der Waals surface area contributed by atoms with Crippen molar-refractivity contribution in [2.45, 2.75) is 39.3 Å². The maximum Gasteiger partial charge on any atom is 0.229 e. The van der Waals surface area contributed by atoms with Gasteiger partial charge in [-0.05, 0) is 18.5 Å². The molecule has 2 rings (SSSR count). The topological polar surface area (TPSA) is 60.2 Å². The molecular formula is C16H23N3O2. The quantitative estimate of drug-likeness (QED) is 0.719. The first-order valence-electron chi connectivity index (χ1n) is 7.40. The summed E-state index contributed by atoms with van der Waals surface area (Å²) in [6.45, 7) is 6.97. The number of hydrogen-bond donors (Lipinski definition) is 1. The molecule has 0 radical (unpaired) electrons. The van der Waals surface area contributed by atoms with Gasteiger partial charge in [0.05, 0.1) is 0 Å². The second-order valence-electron chi connectivity index (χ2n) is 5.27. The standard InChI is InChI=1S/C16H23N3O2/c1-13(2)16-18-15(19-21-16)12-20-10-6-9-17-11-14-7-4-3-5-8-14/h3-5,7-8,13,17H,6,9-12H2,1-2H3. The summed E-state index contributed by atoms with van der Waals surface area (Å²) in [4.78, 5) is 4.26. The Balaban J connectivity index is 1.52. The molecule has 5 nitrogen and oxygen atoms in total. The summed E-state index contributed by atoms with van der Waals surface area (Å²) in [7, 11) is 0. The van der Waals surface area contributed by atoms with Gasteiger partial charge >= 0.3 is 0 Å². The Morgan fingerprint density at radius 2 is 2.05 bits per heavy atom. The molecule has 0 unspecified atom stereocenters. The van der Waals surface area contributed by atoms with Crippen molar-refractivity contribution in [1.29, 1.82) is 0 Å². The summed E-state index contributed by atoms with van der Waals surface area (Å²) in [5.41, 5.74) is 1.30. The monoisotopic (exact) mass is 289 g/mol. The maximum atomic E-state index is 5.54. The first-order valence-corrected chi connectivity index (χ1v) is 7.40. The summed E-state index contributed by atoms with van der Waals surface area (Å²) in [6.07, 6.45) is 0.960. The number of aromatic nitrogens is 2. The van der Waals surface area contributed by atoms with Gasteiger partial charge in [0.25, 0.3) is 0 Å². The van der Waals surface area contributed by atoms with E-state index in [1.807, 2.05) is 19.9 Å². The number of nitrogens with zero attached hydrogens (tertiary/aromatic N) is 2. The fraction of sp³-hybridized carbons (Fsp3) is 0.500. The number of benzene rings is 1. The van der Waals surface area contributed by atoms with E-state index < -0.39 is 0 Å². The fourth-order valence-electron chi connectivity index (χ4n) is 1.85. The Hall–Kier alpha value is -1.72. The minimum atomic E-state index is 0.258. The van der Waals surface area contributed by atoms with Gasteiger partial charge in [-0.1, -0.05) is 49.3 Å². The van der Waals surface area contributed by atoms with Crippen LogP contribution in [0.1, 0.15) is 43.5 Å². The van der Waals surface area contributed by atoms with Crippen LogP contribution in [-0.4, -0.2) is 23.3 Å². The van der Waals surface area contributed by atoms with Gasteiger partial charge in [-0.2, -0.15) is 4.98 Å². The lowest BCUT2D eigenvalue weighted by Gasteiger charge is -2.05. The molecule has 5 heteroatoms. The van der Waals surface area contributed by atoms with Gasteiger partial charge in [-0.3, -0.25) is 0 Å². The highest BCUT2D eigenvalue weighted by Crippen LogP contribution is 2.11. The summed E-state index contributed by atoms with van der Waals surface area (Å²) in [5.74, 6) is 1.54. The molecular weight excluding hydrogens is 266 g/mol. The van der Waals surface area contributed by atoms with E-state index in [9.17, 15) is 0 Å². The number of ether oxygens (including phenoxy) is 1. The molecule has 114 valence electrons. The molecule has 1 aromatic heterocycles. The predicted octanol–water partition coefficient (Wildman–Crippen LogP) is 2.89. The van der Waals surface area contributed by atoms with E-state index in [4.69, 9.17) is 9.26 Å². The van der Waals surface area contributed by atoms with Crippen LogP contribution in [-0.2, 0) is 17.9 Å². The average molecular weight is 289 g/mol. The predicted molar refractivity (Wildman–Crippen MR) is 80.8 cm³/mol. The molecule has 21 heavy (non-hydrogen) atoms. The second kappa shape index (κ2) is 8.54. The van der Waals surface area contributed by atoms with Crippen molar-refractivity contribution in [2.75, 3.05) is 13.2 Å². The van der Waals surface area contributed by atoms with Gasteiger partial charge in [0, 0.05) is 19.1 Å². The highest BCUT2D eigenvalue weighted by molar-refractivity contribution is 5.14. The van der Waals surface area contributed by atoms with Crippen molar-refractivity contribution >= 4 is 0 Å². The van der Waals surface area contributed by atoms with Gasteiger partial charge in [0.2, 0.25) is 5.89 Å². The van der Waals surface area contributed by atoms with Gasteiger partial charge in [-0.15, -0.1) is 0 Å². The molecule has 1 aromatic carbocycles. The van der Waals surface area contributed by atoms with E-state index in [2.05, 4.69) is 39.7 Å². The zero-order chi connectivity index (χ0) is 14.9. The lowest BCUT2D eigenvalue weighted by Crippen LogP contribution is -2.16. The molecule has 0 saturated carbocycles. The summed E-state index contributed by atoms with van der Waals surface area (Å²) in [5, 5.41) is 7.27. The molecule has 1 N–H and O–H groups in total. The number of nitrogens with one attached hydrogen (secondary N) is 1. The van der Waals surface area contributed by atoms with E-state index >= 15 is 0 Å². The van der Waals surface area contributed by atoms with Gasteiger partial charge in [0.15, 0.2) is 5.82 Å². The smallest absolute Gasteiger partial charge is 0.229 e. The van der Waals surface area contributed by atoms with E-state index in [1.165, 1.54) is 5.56 Å². The first kappa shape index (κ1) is 15.7. The van der Waals surface area contributed by atoms with Crippen molar-refractivity contribution < 1.29 is 9.26 Å². The van der Waals surface area contributed by atoms with Crippen LogP contribution in [0.5, 0.6) is 0 Å². The SMILES string of the molecule is CC(C)c1nc(COCCCNCc2ccccc2)no1. The lowest BCUT2D eigenvalue weighted by atomic mass is 10.2. The molecule has 2 aromatic rings. The van der Waals surface area contributed by atoms with Crippen LogP contribution in [0.3, 0.4) is 0 Å². The van der Waals surface area contributed by atoms with Crippen molar-refractivity contribution in [3.8, 4) is 0 Å². The zero-order valence-electron chi connectivity index (χ0n) is 12.7. The largest absolute Gasteiger partial charge is 0.373 e. The van der Waals surface area contributed by atoms with Crippen LogP contribution in [0, 0.1) is 0 Å². The minimum absolute atomic E-state index is 0.258. The molecule has 0 fully saturated rings. The van der Waals surface area contributed by atoms with Crippen LogP contribution < -0.4 is 5.32 Å². The molecule has 0 spiro atoms. The normalized spacial score (nSPS) is 11.2. The molecule has 0 atom stereocenters. The first-order chi connectivity index (χ1) is 10.3. The minimum Gasteiger partial charge on any atom is -0.373 e. The van der Waals surface area contributed by atoms with Crippen LogP contribution in [0.25, 0.3) is 0 Å². The third-order valence-corrected chi connectivity index (χ3v) is 3.02. The Labute approximate surface area is 125 Å². The third-order valence-electron chi connectivity index (χ3n) is 3.02. The van der Waals surface area contributed by atoms with Crippen LogP contribution >= 0.6 is 0 Å². The van der Waals surface area contributed by atoms with Crippen molar-refractivity contribution in [2.24, 2.45) is 0 Å². The van der Waals surface area contributed by atoms with E-state index in [0.717, 1.165) is 19.5 Å². The van der Waals surface area contributed by atoms with E-state index in [-0.39, 0.29) is 5.92 Å². The Kier molecular flexibility index (Phi) is 6.37. The van der Waals surface area contributed by atoms with Gasteiger partial charge in [0.1, 0.15) is 6.61 Å². The van der Waals surface area contributed by atoms with Crippen LogP contribution in [0.15, 0.2) is 34.9 Å². The number of rotatable bonds is 9. The summed E-state index contributed by atoms with van der Waals surface area (Å²) >= 11 is 0. The Morgan fingerprint density at radius 3 is 2.76 bits per heavy atom. The van der Waals surface area contributed by atoms with Crippen molar-refractivity contribution in [1.82, 2.24) is 15.5 Å². The van der Waals surface area contributed by atoms with Crippen molar-refractivity contribution in [3.63, 3.8) is 0 Å². The molecule has 0 amide bonds. The maximum absolute atomic E-state index is 5.54. The van der Waals surface area contributed by atoms with Crippen molar-refractivity contribution in [3.05, 3.63) is 47.6 Å². The highest BCUT2D eigenvalue weighted by atomic mass is 16.5. The van der Waals surface area contributed by atoms with Gasteiger partial charge in [-0.25, -0.2) is 0 Å². The summed E-state index contributed by atoms with van der Waals surface area (Å²) in [6, 6.07) is 10.4. The molecule has 0 saturated heterocycles. The molecule has 0 bridgehead atoms. The molecule has 0 aliphatic heterocycles. The van der Waals surface area contributed by atoms with E-state index in [1.54, 1.807) is 0 Å². The molecule has 0 aliphatic rings. The van der Waals surface area contributed by atoms with E-state index in [0.29, 0.717) is 24.9 Å². The molecule has 1 heterocycles.